The third-order valence-corrected chi connectivity index (χ3v) is 11.3. The number of para-hydroxylation sites is 4. The summed E-state index contributed by atoms with van der Waals surface area (Å²) in [6, 6.07) is 13.2. The molecule has 0 N–H and O–H groups in total. The SMILES string of the molecule is [2H]c1cc(N(c2cc([2H])c([2H])c([2H])c2)c2cc([2H])c3c(c2)Oc2c([2H])c(C45CCC(CC4)C5)c([2H])c4c2B3c2c([2H])cc(N(c3cc([2H])c([2H])c([2H])c3)c3cc([2H])c([2H])c([2H])c3)cc2O4)cc([2H])c1[2H]. The topological polar surface area (TPSA) is 24.9 Å². The molecule has 7 aromatic rings. The maximum Gasteiger partial charge on any atom is 0.260 e. The summed E-state index contributed by atoms with van der Waals surface area (Å²) in [6.45, 7) is -1.03. The predicted octanol–water partition coefficient (Wildman–Crippen LogP) is 11.2. The molecule has 4 aliphatic rings. The van der Waals surface area contributed by atoms with Crippen LogP contribution in [-0.4, -0.2) is 6.71 Å². The number of hydrogen-bond acceptors (Lipinski definition) is 4. The second-order valence-electron chi connectivity index (χ2n) is 14.2. The van der Waals surface area contributed by atoms with Crippen molar-refractivity contribution in [3.05, 3.63) is 175 Å². The third-order valence-electron chi connectivity index (χ3n) is 11.3. The quantitative estimate of drug-likeness (QED) is 0.154. The molecule has 2 saturated carbocycles. The van der Waals surface area contributed by atoms with Crippen molar-refractivity contribution in [3.8, 4) is 23.0 Å². The lowest BCUT2D eigenvalue weighted by atomic mass is 9.34. The Morgan fingerprint density at radius 2 is 0.926 bits per heavy atom. The van der Waals surface area contributed by atoms with Crippen molar-refractivity contribution in [2.24, 2.45) is 5.92 Å². The van der Waals surface area contributed by atoms with Gasteiger partial charge in [0, 0.05) is 51.7 Å². The molecular formula is C49H39BN2O2. The maximum atomic E-state index is 9.90. The highest BCUT2D eigenvalue weighted by atomic mass is 16.5. The summed E-state index contributed by atoms with van der Waals surface area (Å²) in [7, 11) is 0. The molecule has 11 rings (SSSR count). The van der Waals surface area contributed by atoms with Gasteiger partial charge in [0.1, 0.15) is 23.0 Å². The van der Waals surface area contributed by atoms with Crippen LogP contribution in [0.1, 0.15) is 59.6 Å². The van der Waals surface area contributed by atoms with E-state index in [0.29, 0.717) is 16.9 Å². The van der Waals surface area contributed by atoms with Gasteiger partial charge >= 0.3 is 0 Å². The van der Waals surface area contributed by atoms with E-state index in [1.54, 1.807) is 12.1 Å². The molecule has 260 valence electrons. The molecule has 0 amide bonds. The first-order chi connectivity index (χ1) is 33.2. The highest BCUT2D eigenvalue weighted by molar-refractivity contribution is 6.98. The predicted molar refractivity (Wildman–Crippen MR) is 222 cm³/mol. The molecule has 5 heteroatoms. The monoisotopic (exact) mass is 714 g/mol. The zero-order valence-electron chi connectivity index (χ0n) is 44.8. The highest BCUT2D eigenvalue weighted by Gasteiger charge is 2.48. The Bertz CT molecular complexity index is 3040. The molecule has 7 aromatic carbocycles. The normalized spacial score (nSPS) is 22.7. The Labute approximate surface area is 339 Å². The van der Waals surface area contributed by atoms with Crippen molar-refractivity contribution in [1.29, 1.82) is 0 Å². The average molecular weight is 715 g/mol. The van der Waals surface area contributed by atoms with Crippen molar-refractivity contribution in [2.45, 2.75) is 37.5 Å². The molecule has 2 heterocycles. The van der Waals surface area contributed by atoms with E-state index in [0.717, 1.165) is 32.1 Å². The molecular weight excluding hydrogens is 659 g/mol. The van der Waals surface area contributed by atoms with Crippen molar-refractivity contribution < 1.29 is 31.4 Å². The van der Waals surface area contributed by atoms with Crippen LogP contribution in [0, 0.1) is 5.92 Å². The summed E-state index contributed by atoms with van der Waals surface area (Å²) in [5.41, 5.74) is 2.01. The molecule has 0 saturated heterocycles. The van der Waals surface area contributed by atoms with Crippen LogP contribution in [0.4, 0.5) is 34.1 Å². The van der Waals surface area contributed by atoms with Crippen LogP contribution >= 0.6 is 0 Å². The van der Waals surface area contributed by atoms with Gasteiger partial charge in [0.15, 0.2) is 0 Å². The summed E-state index contributed by atoms with van der Waals surface area (Å²) >= 11 is 0. The highest BCUT2D eigenvalue weighted by Crippen LogP contribution is 2.56. The molecule has 0 aromatic heterocycles. The average Bonchev–Trinajstić information content (AvgIpc) is 3.92. The largest absolute Gasteiger partial charge is 0.458 e. The number of fused-ring (bicyclic) bond motifs is 6. The molecule has 4 nitrogen and oxygen atoms in total. The molecule has 0 unspecified atom stereocenters. The number of ether oxygens (including phenoxy) is 2. The number of benzene rings is 7. The Balaban J connectivity index is 1.17. The van der Waals surface area contributed by atoms with Crippen molar-refractivity contribution in [2.75, 3.05) is 9.80 Å². The summed E-state index contributed by atoms with van der Waals surface area (Å²) in [5, 5.41) is 0. The number of hydrogen-bond donors (Lipinski definition) is 0. The number of nitrogens with zero attached hydrogens (tertiary/aromatic N) is 2. The van der Waals surface area contributed by atoms with Gasteiger partial charge in [0.05, 0.1) is 21.9 Å². The van der Waals surface area contributed by atoms with Gasteiger partial charge in [-0.1, -0.05) is 84.6 Å². The van der Waals surface area contributed by atoms with E-state index in [-0.39, 0.29) is 165 Å². The van der Waals surface area contributed by atoms with Gasteiger partial charge in [-0.3, -0.25) is 0 Å². The van der Waals surface area contributed by atoms with Crippen LogP contribution in [-0.2, 0) is 5.41 Å². The Morgan fingerprint density at radius 3 is 1.30 bits per heavy atom. The van der Waals surface area contributed by atoms with E-state index in [1.165, 1.54) is 70.5 Å². The van der Waals surface area contributed by atoms with Gasteiger partial charge < -0.3 is 19.3 Å². The second kappa shape index (κ2) is 12.5. The molecule has 2 aliphatic carbocycles. The lowest BCUT2D eigenvalue weighted by Crippen LogP contribution is -2.57. The van der Waals surface area contributed by atoms with Crippen molar-refractivity contribution in [1.82, 2.24) is 0 Å². The van der Waals surface area contributed by atoms with Gasteiger partial charge in [-0.05, 0) is 133 Å². The Morgan fingerprint density at radius 1 is 0.519 bits per heavy atom. The maximum absolute atomic E-state index is 9.90. The van der Waals surface area contributed by atoms with E-state index in [4.69, 9.17) is 25.9 Å². The second-order valence-corrected chi connectivity index (χ2v) is 14.2. The van der Waals surface area contributed by atoms with E-state index in [9.17, 15) is 5.48 Å². The van der Waals surface area contributed by atoms with Crippen LogP contribution in [0.3, 0.4) is 0 Å². The smallest absolute Gasteiger partial charge is 0.260 e. The summed E-state index contributed by atoms with van der Waals surface area (Å²) < 4.78 is 154. The molecule has 2 fully saturated rings. The minimum atomic E-state index is -1.03. The van der Waals surface area contributed by atoms with Crippen LogP contribution in [0.2, 0.25) is 0 Å². The van der Waals surface area contributed by atoms with E-state index < -0.39 is 12.1 Å². The molecule has 0 atom stereocenters. The van der Waals surface area contributed by atoms with E-state index >= 15 is 0 Å². The first-order valence-corrected chi connectivity index (χ1v) is 18.0. The summed E-state index contributed by atoms with van der Waals surface area (Å²) in [5.74, 6) is 0.819. The molecule has 2 bridgehead atoms. The van der Waals surface area contributed by atoms with E-state index in [1.807, 2.05) is 0 Å². The number of anilines is 6. The van der Waals surface area contributed by atoms with Crippen molar-refractivity contribution in [3.63, 3.8) is 0 Å². The zero-order valence-corrected chi connectivity index (χ0v) is 28.8. The van der Waals surface area contributed by atoms with Gasteiger partial charge in [-0.15, -0.1) is 0 Å². The fourth-order valence-electron chi connectivity index (χ4n) is 8.84. The van der Waals surface area contributed by atoms with Crippen molar-refractivity contribution >= 4 is 57.2 Å². The standard InChI is InChI=1S/C49H39BN2O2/c1-5-13-36(14-6-1)51(37-15-7-2-8-16-37)40-21-23-42-44(31-40)53-46-29-35(49-27-25-34(33-49)26-28-49)30-47-48(46)50(42)43-24-22-41(32-45(43)54-47)52(38-17-9-3-10-18-38)39-19-11-4-12-20-39/h1-24,29-32,34H,25-28,33H2/i1D,2D,3D,4D,5D,6D,7D,8D,9D,10D,11D,12D,23D,24D,29D,30D. The number of rotatable bonds is 7. The molecule has 2 aliphatic heterocycles. The molecule has 0 radical (unpaired) electrons. The van der Waals surface area contributed by atoms with Gasteiger partial charge in [0.25, 0.3) is 6.71 Å². The first kappa shape index (κ1) is 19.2. The fraction of sp³-hybridized carbons (Fsp3) is 0.143. The lowest BCUT2D eigenvalue weighted by molar-refractivity contribution is 0.410. The van der Waals surface area contributed by atoms with Crippen LogP contribution in [0.5, 0.6) is 23.0 Å². The van der Waals surface area contributed by atoms with Crippen LogP contribution < -0.4 is 35.7 Å². The fourth-order valence-corrected chi connectivity index (χ4v) is 8.84. The Hall–Kier alpha value is -6.20. The minimum Gasteiger partial charge on any atom is -0.458 e. The summed E-state index contributed by atoms with van der Waals surface area (Å²) in [4.78, 5) is 3.02. The first-order valence-electron chi connectivity index (χ1n) is 26.0. The minimum absolute atomic E-state index is 0.00458. The van der Waals surface area contributed by atoms with Gasteiger partial charge in [-0.2, -0.15) is 0 Å². The van der Waals surface area contributed by atoms with E-state index in [2.05, 4.69) is 0 Å². The zero-order chi connectivity index (χ0) is 49.6. The Kier molecular flexibility index (Phi) is 4.43. The van der Waals surface area contributed by atoms with Crippen LogP contribution in [0.25, 0.3) is 0 Å². The third kappa shape index (κ3) is 5.06. The van der Waals surface area contributed by atoms with Gasteiger partial charge in [0.2, 0.25) is 0 Å². The summed E-state index contributed by atoms with van der Waals surface area (Å²) in [6.07, 6.45) is 4.18. The van der Waals surface area contributed by atoms with Gasteiger partial charge in [-0.25, -0.2) is 0 Å². The molecule has 0 spiro atoms. The molecule has 54 heavy (non-hydrogen) atoms. The lowest BCUT2D eigenvalue weighted by Gasteiger charge is -2.37. The van der Waals surface area contributed by atoms with Crippen LogP contribution in [0.15, 0.2) is 169 Å².